The van der Waals surface area contributed by atoms with Crippen LogP contribution in [0.5, 0.6) is 0 Å². The van der Waals surface area contributed by atoms with Gasteiger partial charge in [-0.2, -0.15) is 0 Å². The molecule has 1 aliphatic rings. The lowest BCUT2D eigenvalue weighted by Gasteiger charge is -2.37. The van der Waals surface area contributed by atoms with Crippen LogP contribution in [0, 0.1) is 23.1 Å². The third-order valence-corrected chi connectivity index (χ3v) is 5.16. The molecule has 21 heavy (non-hydrogen) atoms. The minimum absolute atomic E-state index is 0.0894. The van der Waals surface area contributed by atoms with Gasteiger partial charge >= 0.3 is 0 Å². The summed E-state index contributed by atoms with van der Waals surface area (Å²) in [5, 5.41) is 3.52. The van der Waals surface area contributed by atoms with Crippen molar-refractivity contribution in [2.24, 2.45) is 17.3 Å². The van der Waals surface area contributed by atoms with E-state index in [9.17, 15) is 4.39 Å². The van der Waals surface area contributed by atoms with E-state index >= 15 is 0 Å². The monoisotopic (exact) mass is 291 g/mol. The number of hydrogen-bond donors (Lipinski definition) is 1. The van der Waals surface area contributed by atoms with Gasteiger partial charge in [-0.25, -0.2) is 4.39 Å². The SMILES string of the molecule is CC(NCC1CCC(C(C)(C)C)CC1)c1ccccc1F. The summed E-state index contributed by atoms with van der Waals surface area (Å²) in [6.45, 7) is 10.1. The first-order valence-corrected chi connectivity index (χ1v) is 8.35. The molecular weight excluding hydrogens is 261 g/mol. The van der Waals surface area contributed by atoms with Gasteiger partial charge in [-0.05, 0) is 62.5 Å². The molecule has 1 aromatic rings. The van der Waals surface area contributed by atoms with Crippen LogP contribution in [-0.4, -0.2) is 6.54 Å². The highest BCUT2D eigenvalue weighted by molar-refractivity contribution is 5.20. The largest absolute Gasteiger partial charge is 0.310 e. The van der Waals surface area contributed by atoms with E-state index in [-0.39, 0.29) is 11.9 Å². The smallest absolute Gasteiger partial charge is 0.127 e. The van der Waals surface area contributed by atoms with E-state index in [0.29, 0.717) is 5.41 Å². The van der Waals surface area contributed by atoms with Gasteiger partial charge in [0.2, 0.25) is 0 Å². The normalized spacial score (nSPS) is 24.8. The maximum absolute atomic E-state index is 13.7. The molecule has 1 aromatic carbocycles. The Hall–Kier alpha value is -0.890. The fraction of sp³-hybridized carbons (Fsp3) is 0.684. The lowest BCUT2D eigenvalue weighted by Crippen LogP contribution is -2.31. The Labute approximate surface area is 129 Å². The average molecular weight is 291 g/mol. The summed E-state index contributed by atoms with van der Waals surface area (Å²) < 4.78 is 13.7. The second kappa shape index (κ2) is 6.91. The van der Waals surface area contributed by atoms with E-state index in [1.54, 1.807) is 12.1 Å². The van der Waals surface area contributed by atoms with Gasteiger partial charge in [0.25, 0.3) is 0 Å². The molecule has 1 unspecified atom stereocenters. The maximum Gasteiger partial charge on any atom is 0.127 e. The topological polar surface area (TPSA) is 12.0 Å². The van der Waals surface area contributed by atoms with Crippen molar-refractivity contribution in [1.29, 1.82) is 0 Å². The Bertz CT molecular complexity index is 441. The van der Waals surface area contributed by atoms with Gasteiger partial charge in [0.1, 0.15) is 5.82 Å². The number of halogens is 1. The summed E-state index contributed by atoms with van der Waals surface area (Å²) in [4.78, 5) is 0. The van der Waals surface area contributed by atoms with E-state index < -0.39 is 0 Å². The molecule has 1 N–H and O–H groups in total. The highest BCUT2D eigenvalue weighted by atomic mass is 19.1. The first-order valence-electron chi connectivity index (χ1n) is 8.35. The van der Waals surface area contributed by atoms with E-state index in [1.165, 1.54) is 25.7 Å². The molecule has 0 bridgehead atoms. The van der Waals surface area contributed by atoms with Crippen LogP contribution in [0.3, 0.4) is 0 Å². The van der Waals surface area contributed by atoms with Crippen LogP contribution in [0.2, 0.25) is 0 Å². The molecule has 0 heterocycles. The zero-order valence-corrected chi connectivity index (χ0v) is 14.0. The maximum atomic E-state index is 13.7. The van der Waals surface area contributed by atoms with Crippen LogP contribution in [0.25, 0.3) is 0 Å². The Morgan fingerprint density at radius 2 is 1.76 bits per heavy atom. The van der Waals surface area contributed by atoms with Crippen LogP contribution in [0.15, 0.2) is 24.3 Å². The Balaban J connectivity index is 1.79. The summed E-state index contributed by atoms with van der Waals surface area (Å²) in [6.07, 6.45) is 5.28. The number of nitrogens with one attached hydrogen (secondary N) is 1. The number of rotatable bonds is 4. The quantitative estimate of drug-likeness (QED) is 0.790. The lowest BCUT2D eigenvalue weighted by atomic mass is 9.70. The Morgan fingerprint density at radius 1 is 1.14 bits per heavy atom. The van der Waals surface area contributed by atoms with Crippen LogP contribution >= 0.6 is 0 Å². The molecule has 1 atom stereocenters. The molecule has 0 saturated heterocycles. The summed E-state index contributed by atoms with van der Waals surface area (Å²) in [5.74, 6) is 1.50. The summed E-state index contributed by atoms with van der Waals surface area (Å²) in [6, 6.07) is 7.17. The van der Waals surface area contributed by atoms with Crippen molar-refractivity contribution < 1.29 is 4.39 Å². The third-order valence-electron chi connectivity index (χ3n) is 5.16. The summed E-state index contributed by atoms with van der Waals surface area (Å²) in [5.41, 5.74) is 1.22. The zero-order chi connectivity index (χ0) is 15.5. The Morgan fingerprint density at radius 3 is 2.33 bits per heavy atom. The standard InChI is InChI=1S/C19H30FN/c1-14(17-7-5-6-8-18(17)20)21-13-15-9-11-16(12-10-15)19(2,3)4/h5-8,14-16,21H,9-13H2,1-4H3. The van der Waals surface area contributed by atoms with Crippen molar-refractivity contribution in [2.45, 2.75) is 59.4 Å². The minimum Gasteiger partial charge on any atom is -0.310 e. The Kier molecular flexibility index (Phi) is 5.43. The molecule has 1 aliphatic carbocycles. The van der Waals surface area contributed by atoms with Gasteiger partial charge in [0.15, 0.2) is 0 Å². The van der Waals surface area contributed by atoms with Crippen LogP contribution < -0.4 is 5.32 Å². The summed E-state index contributed by atoms with van der Waals surface area (Å²) in [7, 11) is 0. The molecule has 0 amide bonds. The van der Waals surface area contributed by atoms with E-state index in [0.717, 1.165) is 23.9 Å². The molecule has 0 aromatic heterocycles. The van der Waals surface area contributed by atoms with Gasteiger partial charge in [-0.15, -0.1) is 0 Å². The predicted octanol–water partition coefficient (Wildman–Crippen LogP) is 5.33. The van der Waals surface area contributed by atoms with Crippen molar-refractivity contribution >= 4 is 0 Å². The van der Waals surface area contributed by atoms with E-state index in [1.807, 2.05) is 12.1 Å². The van der Waals surface area contributed by atoms with Gasteiger partial charge in [-0.3, -0.25) is 0 Å². The molecule has 1 saturated carbocycles. The van der Waals surface area contributed by atoms with Crippen molar-refractivity contribution in [1.82, 2.24) is 5.32 Å². The fourth-order valence-corrected chi connectivity index (χ4v) is 3.51. The fourth-order valence-electron chi connectivity index (χ4n) is 3.51. The predicted molar refractivity (Wildman–Crippen MR) is 87.7 cm³/mol. The van der Waals surface area contributed by atoms with Gasteiger partial charge in [0, 0.05) is 11.6 Å². The van der Waals surface area contributed by atoms with E-state index in [4.69, 9.17) is 0 Å². The minimum atomic E-state index is -0.103. The molecule has 0 aliphatic heterocycles. The molecule has 0 spiro atoms. The zero-order valence-electron chi connectivity index (χ0n) is 14.0. The second-order valence-corrected chi connectivity index (χ2v) is 7.74. The van der Waals surface area contributed by atoms with Gasteiger partial charge in [-0.1, -0.05) is 39.0 Å². The van der Waals surface area contributed by atoms with Crippen molar-refractivity contribution in [2.75, 3.05) is 6.54 Å². The molecule has 2 rings (SSSR count). The van der Waals surface area contributed by atoms with Crippen LogP contribution in [0.4, 0.5) is 4.39 Å². The molecule has 1 fully saturated rings. The van der Waals surface area contributed by atoms with Crippen LogP contribution in [-0.2, 0) is 0 Å². The molecule has 1 nitrogen and oxygen atoms in total. The molecule has 0 radical (unpaired) electrons. The van der Waals surface area contributed by atoms with Crippen molar-refractivity contribution in [3.8, 4) is 0 Å². The highest BCUT2D eigenvalue weighted by Gasteiger charge is 2.29. The van der Waals surface area contributed by atoms with Gasteiger partial charge < -0.3 is 5.32 Å². The molecule has 2 heteroatoms. The third kappa shape index (κ3) is 4.54. The number of hydrogen-bond acceptors (Lipinski definition) is 1. The van der Waals surface area contributed by atoms with Crippen molar-refractivity contribution in [3.05, 3.63) is 35.6 Å². The highest BCUT2D eigenvalue weighted by Crippen LogP contribution is 2.39. The number of benzene rings is 1. The molecular formula is C19H30FN. The van der Waals surface area contributed by atoms with Gasteiger partial charge in [0.05, 0.1) is 0 Å². The molecule has 118 valence electrons. The lowest BCUT2D eigenvalue weighted by molar-refractivity contribution is 0.148. The second-order valence-electron chi connectivity index (χ2n) is 7.74. The van der Waals surface area contributed by atoms with Crippen LogP contribution in [0.1, 0.15) is 65.0 Å². The van der Waals surface area contributed by atoms with E-state index in [2.05, 4.69) is 33.0 Å². The first kappa shape index (κ1) is 16.5. The average Bonchev–Trinajstić information content (AvgIpc) is 2.45. The summed E-state index contributed by atoms with van der Waals surface area (Å²) >= 11 is 0. The van der Waals surface area contributed by atoms with Crippen molar-refractivity contribution in [3.63, 3.8) is 0 Å². The first-order chi connectivity index (χ1) is 9.88.